The minimum atomic E-state index is -4.38. The van der Waals surface area contributed by atoms with Crippen LogP contribution >= 0.6 is 11.6 Å². The van der Waals surface area contributed by atoms with Crippen molar-refractivity contribution in [3.8, 4) is 0 Å². The Kier molecular flexibility index (Phi) is 4.81. The molecule has 0 saturated heterocycles. The molecular weight excluding hydrogens is 291 g/mol. The molecule has 1 fully saturated rings. The van der Waals surface area contributed by atoms with Crippen molar-refractivity contribution in [3.05, 3.63) is 29.3 Å². The Balaban J connectivity index is 2.37. The summed E-state index contributed by atoms with van der Waals surface area (Å²) in [5.41, 5.74) is 0.0924. The highest BCUT2D eigenvalue weighted by atomic mass is 35.5. The molecule has 1 aliphatic carbocycles. The van der Waals surface area contributed by atoms with Crippen molar-refractivity contribution >= 4 is 17.3 Å². The number of alkyl halides is 4. The van der Waals surface area contributed by atoms with Gasteiger partial charge in [-0.2, -0.15) is 13.2 Å². The second-order valence-corrected chi connectivity index (χ2v) is 5.17. The minimum absolute atomic E-state index is 0.0743. The number of hydrogen-bond donors (Lipinski definition) is 0. The van der Waals surface area contributed by atoms with E-state index in [-0.39, 0.29) is 17.6 Å². The smallest absolute Gasteiger partial charge is 0.383 e. The summed E-state index contributed by atoms with van der Waals surface area (Å²) < 4.78 is 44.7. The molecule has 2 nitrogen and oxygen atoms in total. The molecule has 0 heterocycles. The second kappa shape index (κ2) is 6.22. The largest absolute Gasteiger partial charge is 0.418 e. The van der Waals surface area contributed by atoms with Gasteiger partial charge >= 0.3 is 6.18 Å². The first kappa shape index (κ1) is 15.4. The Morgan fingerprint density at radius 3 is 2.55 bits per heavy atom. The van der Waals surface area contributed by atoms with E-state index in [1.807, 2.05) is 0 Å². The summed E-state index contributed by atoms with van der Waals surface area (Å²) in [6.07, 6.45) is -2.52. The zero-order chi connectivity index (χ0) is 14.8. The van der Waals surface area contributed by atoms with Gasteiger partial charge in [-0.15, -0.1) is 11.6 Å². The molecule has 0 aromatic heterocycles. The van der Waals surface area contributed by atoms with Crippen LogP contribution in [0.4, 0.5) is 18.9 Å². The van der Waals surface area contributed by atoms with E-state index >= 15 is 0 Å². The molecule has 6 heteroatoms. The number of benzene rings is 1. The SMILES string of the molecule is COCCN(c1ccc(CCl)cc1C(F)(F)F)C1CC1. The van der Waals surface area contributed by atoms with E-state index in [0.29, 0.717) is 18.7 Å². The Morgan fingerprint density at radius 2 is 2.05 bits per heavy atom. The maximum Gasteiger partial charge on any atom is 0.418 e. The lowest BCUT2D eigenvalue weighted by Gasteiger charge is -2.28. The predicted molar refractivity (Wildman–Crippen MR) is 73.2 cm³/mol. The van der Waals surface area contributed by atoms with Crippen LogP contribution < -0.4 is 4.90 Å². The molecule has 0 amide bonds. The van der Waals surface area contributed by atoms with Crippen molar-refractivity contribution in [3.63, 3.8) is 0 Å². The molecule has 112 valence electrons. The topological polar surface area (TPSA) is 12.5 Å². The van der Waals surface area contributed by atoms with Crippen molar-refractivity contribution in [2.24, 2.45) is 0 Å². The van der Waals surface area contributed by atoms with Gasteiger partial charge in [0.2, 0.25) is 0 Å². The zero-order valence-corrected chi connectivity index (χ0v) is 12.0. The van der Waals surface area contributed by atoms with E-state index in [9.17, 15) is 13.2 Å². The monoisotopic (exact) mass is 307 g/mol. The maximum atomic E-state index is 13.2. The van der Waals surface area contributed by atoms with Gasteiger partial charge in [0, 0.05) is 31.3 Å². The summed E-state index contributed by atoms with van der Waals surface area (Å²) in [4.78, 5) is 1.80. The lowest BCUT2D eigenvalue weighted by molar-refractivity contribution is -0.137. The molecule has 20 heavy (non-hydrogen) atoms. The molecule has 1 aliphatic rings. The predicted octanol–water partition coefficient (Wildman–Crippen LogP) is 4.06. The molecule has 1 aromatic carbocycles. The minimum Gasteiger partial charge on any atom is -0.383 e. The lowest BCUT2D eigenvalue weighted by Crippen LogP contribution is -2.31. The summed E-state index contributed by atoms with van der Waals surface area (Å²) in [5.74, 6) is 0.0743. The van der Waals surface area contributed by atoms with Crippen LogP contribution in [-0.4, -0.2) is 26.3 Å². The number of methoxy groups -OCH3 is 1. The number of anilines is 1. The van der Waals surface area contributed by atoms with Crippen LogP contribution in [0, 0.1) is 0 Å². The fourth-order valence-corrected chi connectivity index (χ4v) is 2.39. The highest BCUT2D eigenvalue weighted by molar-refractivity contribution is 6.17. The first-order valence-electron chi connectivity index (χ1n) is 6.49. The zero-order valence-electron chi connectivity index (χ0n) is 11.2. The summed E-state index contributed by atoms with van der Waals surface area (Å²) >= 11 is 5.64. The highest BCUT2D eigenvalue weighted by Crippen LogP contribution is 2.41. The molecule has 0 aliphatic heterocycles. The molecule has 0 unspecified atom stereocenters. The van der Waals surface area contributed by atoms with Crippen LogP contribution in [0.5, 0.6) is 0 Å². The first-order valence-corrected chi connectivity index (χ1v) is 7.02. The van der Waals surface area contributed by atoms with Crippen molar-refractivity contribution in [1.29, 1.82) is 0 Å². The van der Waals surface area contributed by atoms with Crippen molar-refractivity contribution in [1.82, 2.24) is 0 Å². The summed E-state index contributed by atoms with van der Waals surface area (Å²) in [7, 11) is 1.55. The van der Waals surface area contributed by atoms with E-state index in [2.05, 4.69) is 0 Å². The van der Waals surface area contributed by atoms with Crippen LogP contribution in [0.3, 0.4) is 0 Å². The molecule has 1 aromatic rings. The third kappa shape index (κ3) is 3.58. The fourth-order valence-electron chi connectivity index (χ4n) is 2.22. The van der Waals surface area contributed by atoms with Gasteiger partial charge in [-0.3, -0.25) is 0 Å². The number of halogens is 4. The van der Waals surface area contributed by atoms with Gasteiger partial charge in [0.25, 0.3) is 0 Å². The van der Waals surface area contributed by atoms with E-state index in [1.54, 1.807) is 18.1 Å². The number of rotatable bonds is 6. The third-order valence-corrected chi connectivity index (χ3v) is 3.66. The average molecular weight is 308 g/mol. The van der Waals surface area contributed by atoms with Crippen LogP contribution in [0.25, 0.3) is 0 Å². The van der Waals surface area contributed by atoms with Crippen LogP contribution in [0.15, 0.2) is 18.2 Å². The number of hydrogen-bond acceptors (Lipinski definition) is 2. The molecular formula is C14H17ClF3NO. The summed E-state index contributed by atoms with van der Waals surface area (Å²) in [6, 6.07) is 4.51. The van der Waals surface area contributed by atoms with Gasteiger partial charge in [-0.1, -0.05) is 6.07 Å². The first-order chi connectivity index (χ1) is 9.47. The molecule has 0 N–H and O–H groups in total. The van der Waals surface area contributed by atoms with Gasteiger partial charge in [0.15, 0.2) is 0 Å². The Bertz CT molecular complexity index is 460. The Morgan fingerprint density at radius 1 is 1.35 bits per heavy atom. The Hall–Kier alpha value is -0.940. The third-order valence-electron chi connectivity index (χ3n) is 3.35. The molecule has 1 saturated carbocycles. The van der Waals surface area contributed by atoms with Gasteiger partial charge < -0.3 is 9.64 Å². The van der Waals surface area contributed by atoms with Crippen LogP contribution in [0.2, 0.25) is 0 Å². The van der Waals surface area contributed by atoms with E-state index in [0.717, 1.165) is 18.9 Å². The van der Waals surface area contributed by atoms with E-state index in [4.69, 9.17) is 16.3 Å². The number of ether oxygens (including phenoxy) is 1. The quantitative estimate of drug-likeness (QED) is 0.735. The summed E-state index contributed by atoms with van der Waals surface area (Å²) in [6.45, 7) is 0.871. The molecule has 0 spiro atoms. The van der Waals surface area contributed by atoms with Crippen LogP contribution in [0.1, 0.15) is 24.0 Å². The number of nitrogens with zero attached hydrogens (tertiary/aromatic N) is 1. The normalized spacial score (nSPS) is 15.4. The van der Waals surface area contributed by atoms with Gasteiger partial charge in [0.05, 0.1) is 12.2 Å². The Labute approximate surface area is 121 Å². The van der Waals surface area contributed by atoms with Crippen molar-refractivity contribution in [2.75, 3.05) is 25.2 Å². The fraction of sp³-hybridized carbons (Fsp3) is 0.571. The van der Waals surface area contributed by atoms with E-state index in [1.165, 1.54) is 6.07 Å². The summed E-state index contributed by atoms with van der Waals surface area (Å²) in [5, 5.41) is 0. The molecule has 0 radical (unpaired) electrons. The van der Waals surface area contributed by atoms with E-state index < -0.39 is 11.7 Å². The van der Waals surface area contributed by atoms with Gasteiger partial charge in [-0.05, 0) is 30.5 Å². The lowest BCUT2D eigenvalue weighted by atomic mass is 10.1. The van der Waals surface area contributed by atoms with Gasteiger partial charge in [-0.25, -0.2) is 0 Å². The average Bonchev–Trinajstić information content (AvgIpc) is 3.23. The van der Waals surface area contributed by atoms with Crippen molar-refractivity contribution < 1.29 is 17.9 Å². The van der Waals surface area contributed by atoms with Crippen LogP contribution in [-0.2, 0) is 16.8 Å². The molecule has 0 atom stereocenters. The van der Waals surface area contributed by atoms with Crippen molar-refractivity contribution in [2.45, 2.75) is 30.9 Å². The second-order valence-electron chi connectivity index (χ2n) is 4.90. The highest BCUT2D eigenvalue weighted by Gasteiger charge is 2.38. The molecule has 0 bridgehead atoms. The molecule has 2 rings (SSSR count). The van der Waals surface area contributed by atoms with Gasteiger partial charge in [0.1, 0.15) is 0 Å². The maximum absolute atomic E-state index is 13.2. The standard InChI is InChI=1S/C14H17ClF3NO/c1-20-7-6-19(11-3-4-11)13-5-2-10(9-15)8-12(13)14(16,17)18/h2,5,8,11H,3-4,6-7,9H2,1H3.